The van der Waals surface area contributed by atoms with Gasteiger partial charge in [-0.3, -0.25) is 4.90 Å². The molecule has 1 aromatic heterocycles. The fraction of sp³-hybridized carbons (Fsp3) is 0.833. The van der Waals surface area contributed by atoms with Gasteiger partial charge in [-0.1, -0.05) is 5.16 Å². The normalized spacial score (nSPS) is 23.1. The monoisotopic (exact) mass is 236 g/mol. The van der Waals surface area contributed by atoms with Gasteiger partial charge in [0.1, 0.15) is 0 Å². The smallest absolute Gasteiger partial charge is 0.240 e. The largest absolute Gasteiger partial charge is 0.338 e. The first-order chi connectivity index (χ1) is 8.40. The van der Waals surface area contributed by atoms with Gasteiger partial charge in [-0.15, -0.1) is 0 Å². The summed E-state index contributed by atoms with van der Waals surface area (Å²) >= 11 is 0. The lowest BCUT2D eigenvalue weighted by molar-refractivity contribution is 0.170. The Labute approximate surface area is 102 Å². The standard InChI is InChI=1S/C12H20N4O/c1-2-10(1)7-13-11-3-5-16(6-4-11)8-12-14-9-15-17-12/h9-11,13H,1-8H2. The highest BCUT2D eigenvalue weighted by Gasteiger charge is 2.24. The molecule has 2 fully saturated rings. The highest BCUT2D eigenvalue weighted by Crippen LogP contribution is 2.28. The Bertz CT molecular complexity index is 328. The number of nitrogens with zero attached hydrogens (tertiary/aromatic N) is 3. The summed E-state index contributed by atoms with van der Waals surface area (Å²) < 4.78 is 5.03. The third-order valence-corrected chi connectivity index (χ3v) is 3.75. The summed E-state index contributed by atoms with van der Waals surface area (Å²) in [6.45, 7) is 4.29. The summed E-state index contributed by atoms with van der Waals surface area (Å²) in [5.74, 6) is 1.71. The van der Waals surface area contributed by atoms with Crippen molar-refractivity contribution in [2.75, 3.05) is 19.6 Å². The van der Waals surface area contributed by atoms with Crippen LogP contribution in [0.3, 0.4) is 0 Å². The fourth-order valence-electron chi connectivity index (χ4n) is 2.41. The van der Waals surface area contributed by atoms with Gasteiger partial charge in [0.25, 0.3) is 0 Å². The molecule has 0 radical (unpaired) electrons. The lowest BCUT2D eigenvalue weighted by Gasteiger charge is -2.31. The second-order valence-electron chi connectivity index (χ2n) is 5.24. The minimum Gasteiger partial charge on any atom is -0.338 e. The summed E-state index contributed by atoms with van der Waals surface area (Å²) in [5, 5.41) is 7.32. The van der Waals surface area contributed by atoms with Gasteiger partial charge in [-0.05, 0) is 38.1 Å². The molecule has 1 N–H and O–H groups in total. The first-order valence-electron chi connectivity index (χ1n) is 6.61. The van der Waals surface area contributed by atoms with Crippen LogP contribution in [-0.4, -0.2) is 40.7 Å². The van der Waals surface area contributed by atoms with Crippen molar-refractivity contribution in [3.8, 4) is 0 Å². The zero-order valence-electron chi connectivity index (χ0n) is 10.1. The number of hydrogen-bond donors (Lipinski definition) is 1. The van der Waals surface area contributed by atoms with Gasteiger partial charge in [0, 0.05) is 19.1 Å². The summed E-state index contributed by atoms with van der Waals surface area (Å²) in [5.41, 5.74) is 0. The molecule has 3 rings (SSSR count). The Hall–Kier alpha value is -0.940. The SMILES string of the molecule is c1noc(CN2CCC(NCC3CC3)CC2)n1. The van der Waals surface area contributed by atoms with Gasteiger partial charge in [0.15, 0.2) is 6.33 Å². The highest BCUT2D eigenvalue weighted by molar-refractivity contribution is 4.83. The van der Waals surface area contributed by atoms with Crippen LogP contribution in [0.15, 0.2) is 10.9 Å². The van der Waals surface area contributed by atoms with Crippen LogP contribution in [0.5, 0.6) is 0 Å². The molecule has 0 bridgehead atoms. The van der Waals surface area contributed by atoms with Crippen molar-refractivity contribution >= 4 is 0 Å². The molecule has 2 heterocycles. The van der Waals surface area contributed by atoms with E-state index >= 15 is 0 Å². The quantitative estimate of drug-likeness (QED) is 0.827. The van der Waals surface area contributed by atoms with E-state index in [1.807, 2.05) is 0 Å². The van der Waals surface area contributed by atoms with Crippen LogP contribution in [0, 0.1) is 5.92 Å². The number of hydrogen-bond acceptors (Lipinski definition) is 5. The van der Waals surface area contributed by atoms with Gasteiger partial charge in [0.05, 0.1) is 6.54 Å². The number of aromatic nitrogens is 2. The minimum atomic E-state index is 0.717. The number of rotatable bonds is 5. The molecule has 0 spiro atoms. The molecule has 2 aliphatic rings. The van der Waals surface area contributed by atoms with E-state index in [1.54, 1.807) is 0 Å². The maximum absolute atomic E-state index is 5.03. The third kappa shape index (κ3) is 3.26. The van der Waals surface area contributed by atoms with E-state index in [9.17, 15) is 0 Å². The fourth-order valence-corrected chi connectivity index (χ4v) is 2.41. The van der Waals surface area contributed by atoms with Crippen molar-refractivity contribution in [3.63, 3.8) is 0 Å². The zero-order valence-corrected chi connectivity index (χ0v) is 10.1. The van der Waals surface area contributed by atoms with E-state index in [0.29, 0.717) is 0 Å². The molecular weight excluding hydrogens is 216 g/mol. The average Bonchev–Trinajstić information content (AvgIpc) is 3.05. The van der Waals surface area contributed by atoms with Gasteiger partial charge in [-0.25, -0.2) is 0 Å². The molecule has 1 aromatic rings. The van der Waals surface area contributed by atoms with Gasteiger partial charge >= 0.3 is 0 Å². The molecular formula is C12H20N4O. The summed E-state index contributed by atoms with van der Waals surface area (Å²) in [4.78, 5) is 6.45. The summed E-state index contributed by atoms with van der Waals surface area (Å²) in [6, 6.07) is 0.717. The highest BCUT2D eigenvalue weighted by atomic mass is 16.5. The van der Waals surface area contributed by atoms with E-state index in [0.717, 1.165) is 37.5 Å². The maximum Gasteiger partial charge on any atom is 0.240 e. The zero-order chi connectivity index (χ0) is 11.5. The topological polar surface area (TPSA) is 54.2 Å². The average molecular weight is 236 g/mol. The predicted octanol–water partition coefficient (Wildman–Crippen LogP) is 1.03. The Morgan fingerprint density at radius 2 is 2.12 bits per heavy atom. The Morgan fingerprint density at radius 1 is 1.29 bits per heavy atom. The molecule has 17 heavy (non-hydrogen) atoms. The van der Waals surface area contributed by atoms with E-state index in [-0.39, 0.29) is 0 Å². The number of nitrogens with one attached hydrogen (secondary N) is 1. The Balaban J connectivity index is 1.37. The van der Waals surface area contributed by atoms with Crippen LogP contribution >= 0.6 is 0 Å². The van der Waals surface area contributed by atoms with E-state index < -0.39 is 0 Å². The minimum absolute atomic E-state index is 0.717. The first kappa shape index (κ1) is 11.2. The van der Waals surface area contributed by atoms with Crippen molar-refractivity contribution in [2.24, 2.45) is 5.92 Å². The lowest BCUT2D eigenvalue weighted by Crippen LogP contribution is -2.42. The first-order valence-corrected chi connectivity index (χ1v) is 6.61. The molecule has 1 aliphatic heterocycles. The van der Waals surface area contributed by atoms with Crippen LogP contribution in [0.4, 0.5) is 0 Å². The van der Waals surface area contributed by atoms with E-state index in [4.69, 9.17) is 4.52 Å². The van der Waals surface area contributed by atoms with Crippen molar-refractivity contribution in [1.29, 1.82) is 0 Å². The van der Waals surface area contributed by atoms with Gasteiger partial charge in [-0.2, -0.15) is 4.98 Å². The molecule has 5 nitrogen and oxygen atoms in total. The Morgan fingerprint density at radius 3 is 2.76 bits per heavy atom. The second-order valence-corrected chi connectivity index (χ2v) is 5.24. The van der Waals surface area contributed by atoms with E-state index in [2.05, 4.69) is 20.4 Å². The molecule has 1 saturated carbocycles. The molecule has 1 saturated heterocycles. The van der Waals surface area contributed by atoms with Crippen LogP contribution in [-0.2, 0) is 6.54 Å². The number of likely N-dealkylation sites (tertiary alicyclic amines) is 1. The van der Waals surface area contributed by atoms with Crippen molar-refractivity contribution in [1.82, 2.24) is 20.4 Å². The lowest BCUT2D eigenvalue weighted by atomic mass is 10.0. The second kappa shape index (κ2) is 5.14. The molecule has 0 unspecified atom stereocenters. The third-order valence-electron chi connectivity index (χ3n) is 3.75. The van der Waals surface area contributed by atoms with Gasteiger partial charge in [0.2, 0.25) is 5.89 Å². The Kier molecular flexibility index (Phi) is 3.38. The van der Waals surface area contributed by atoms with Crippen molar-refractivity contribution in [2.45, 2.75) is 38.3 Å². The summed E-state index contributed by atoms with van der Waals surface area (Å²) in [6.07, 6.45) is 6.81. The molecule has 94 valence electrons. The van der Waals surface area contributed by atoms with Crippen LogP contribution in [0.2, 0.25) is 0 Å². The predicted molar refractivity (Wildman–Crippen MR) is 63.3 cm³/mol. The molecule has 0 aromatic carbocycles. The molecule has 5 heteroatoms. The van der Waals surface area contributed by atoms with Crippen LogP contribution in [0.1, 0.15) is 31.6 Å². The van der Waals surface area contributed by atoms with Crippen molar-refractivity contribution in [3.05, 3.63) is 12.2 Å². The van der Waals surface area contributed by atoms with E-state index in [1.165, 1.54) is 38.6 Å². The van der Waals surface area contributed by atoms with Crippen molar-refractivity contribution < 1.29 is 4.52 Å². The molecule has 0 amide bonds. The van der Waals surface area contributed by atoms with Crippen LogP contribution < -0.4 is 5.32 Å². The number of piperidine rings is 1. The maximum atomic E-state index is 5.03. The van der Waals surface area contributed by atoms with Crippen LogP contribution in [0.25, 0.3) is 0 Å². The van der Waals surface area contributed by atoms with Gasteiger partial charge < -0.3 is 9.84 Å². The molecule has 0 atom stereocenters. The molecule has 1 aliphatic carbocycles. The summed E-state index contributed by atoms with van der Waals surface area (Å²) in [7, 11) is 0.